The largest absolute Gasteiger partial charge is 0.385 e. The van der Waals surface area contributed by atoms with Crippen LogP contribution in [0.25, 0.3) is 0 Å². The average molecular weight is 309 g/mol. The van der Waals surface area contributed by atoms with Crippen LogP contribution in [-0.4, -0.2) is 22.6 Å². The van der Waals surface area contributed by atoms with Gasteiger partial charge in [0.15, 0.2) is 5.82 Å². The second-order valence-corrected chi connectivity index (χ2v) is 4.77. The molecule has 6 nitrogen and oxygen atoms in total. The first kappa shape index (κ1) is 15.3. The lowest BCUT2D eigenvalue weighted by Crippen LogP contribution is -2.26. The van der Waals surface area contributed by atoms with Crippen LogP contribution < -0.4 is 10.6 Å². The highest BCUT2D eigenvalue weighted by atomic mass is 35.5. The van der Waals surface area contributed by atoms with Gasteiger partial charge in [-0.3, -0.25) is 4.79 Å². The first-order valence-corrected chi connectivity index (χ1v) is 6.67. The molecular weight excluding hydrogens is 292 g/mol. The van der Waals surface area contributed by atoms with E-state index in [1.165, 1.54) is 0 Å². The van der Waals surface area contributed by atoms with Gasteiger partial charge in [0.25, 0.3) is 5.91 Å². The molecule has 0 aliphatic carbocycles. The number of halogens is 1. The van der Waals surface area contributed by atoms with Gasteiger partial charge in [-0.05, 0) is 30.5 Å². The first-order chi connectivity index (χ1) is 9.74. The molecule has 0 saturated carbocycles. The summed E-state index contributed by atoms with van der Waals surface area (Å²) in [5.74, 6) is 0.877. The van der Waals surface area contributed by atoms with E-state index in [1.807, 2.05) is 18.2 Å². The Hall–Kier alpha value is -2.08. The Balaban J connectivity index is 0.00000161. The van der Waals surface area contributed by atoms with Crippen molar-refractivity contribution in [2.24, 2.45) is 0 Å². The summed E-state index contributed by atoms with van der Waals surface area (Å²) in [7, 11) is 0. The van der Waals surface area contributed by atoms with Crippen LogP contribution in [0.5, 0.6) is 0 Å². The molecule has 1 aromatic carbocycles. The molecule has 0 spiro atoms. The number of hydrogen-bond acceptors (Lipinski definition) is 5. The molecule has 0 fully saturated rings. The van der Waals surface area contributed by atoms with Crippen LogP contribution in [0.15, 0.2) is 22.7 Å². The Bertz CT molecular complexity index is 642. The monoisotopic (exact) mass is 308 g/mol. The van der Waals surface area contributed by atoms with E-state index in [0.717, 1.165) is 36.2 Å². The summed E-state index contributed by atoms with van der Waals surface area (Å²) in [5, 5.41) is 9.90. The predicted molar refractivity (Wildman–Crippen MR) is 80.7 cm³/mol. The molecule has 1 aliphatic heterocycles. The maximum absolute atomic E-state index is 12.3. The minimum absolute atomic E-state index is 0. The Kier molecular flexibility index (Phi) is 4.80. The molecule has 1 aromatic heterocycles. The number of amides is 1. The van der Waals surface area contributed by atoms with Gasteiger partial charge < -0.3 is 15.2 Å². The van der Waals surface area contributed by atoms with Crippen molar-refractivity contribution in [1.29, 1.82) is 0 Å². The van der Waals surface area contributed by atoms with Crippen LogP contribution in [0.3, 0.4) is 0 Å². The Morgan fingerprint density at radius 1 is 1.48 bits per heavy atom. The van der Waals surface area contributed by atoms with Gasteiger partial charge in [0.2, 0.25) is 5.89 Å². The third-order valence-corrected chi connectivity index (χ3v) is 3.32. The highest BCUT2D eigenvalue weighted by molar-refractivity contribution is 5.97. The van der Waals surface area contributed by atoms with E-state index in [2.05, 4.69) is 20.8 Å². The fourth-order valence-corrected chi connectivity index (χ4v) is 2.39. The van der Waals surface area contributed by atoms with E-state index in [4.69, 9.17) is 4.52 Å². The lowest BCUT2D eigenvalue weighted by atomic mass is 9.97. The van der Waals surface area contributed by atoms with E-state index in [0.29, 0.717) is 11.7 Å². The maximum Gasteiger partial charge on any atom is 0.252 e. The molecule has 1 amide bonds. The van der Waals surface area contributed by atoms with Crippen molar-refractivity contribution in [1.82, 2.24) is 15.5 Å². The molecule has 21 heavy (non-hydrogen) atoms. The summed E-state index contributed by atoms with van der Waals surface area (Å²) in [4.78, 5) is 16.3. The Morgan fingerprint density at radius 2 is 2.33 bits per heavy atom. The van der Waals surface area contributed by atoms with Crippen molar-refractivity contribution >= 4 is 24.0 Å². The summed E-state index contributed by atoms with van der Waals surface area (Å²) in [6.07, 6.45) is 1.97. The van der Waals surface area contributed by atoms with Crippen molar-refractivity contribution in [2.45, 2.75) is 26.3 Å². The smallest absolute Gasteiger partial charge is 0.252 e. The lowest BCUT2D eigenvalue weighted by molar-refractivity contribution is 0.0948. The zero-order valence-corrected chi connectivity index (χ0v) is 12.5. The van der Waals surface area contributed by atoms with Crippen LogP contribution in [0.4, 0.5) is 5.69 Å². The number of aromatic nitrogens is 2. The standard InChI is InChI=1S/C14H16N4O2.ClH/c1-9-17-13(18-20-9)8-16-14(19)11-4-2-6-12-10(11)5-3-7-15-12;/h2,4,6,15H,3,5,7-8H2,1H3,(H,16,19);1H. The quantitative estimate of drug-likeness (QED) is 0.907. The number of hydrogen-bond donors (Lipinski definition) is 2. The number of rotatable bonds is 3. The van der Waals surface area contributed by atoms with Gasteiger partial charge in [-0.15, -0.1) is 12.4 Å². The lowest BCUT2D eigenvalue weighted by Gasteiger charge is -2.20. The SMILES string of the molecule is Cc1nc(CNC(=O)c2cccc3c2CCCN3)no1.Cl. The molecule has 0 atom stereocenters. The third-order valence-electron chi connectivity index (χ3n) is 3.32. The Labute approximate surface area is 128 Å². The van der Waals surface area contributed by atoms with E-state index in [-0.39, 0.29) is 24.9 Å². The minimum atomic E-state index is -0.104. The zero-order chi connectivity index (χ0) is 13.9. The zero-order valence-electron chi connectivity index (χ0n) is 11.7. The van der Waals surface area contributed by atoms with E-state index in [1.54, 1.807) is 6.92 Å². The summed E-state index contributed by atoms with van der Waals surface area (Å²) in [5.41, 5.74) is 2.86. The van der Waals surface area contributed by atoms with Gasteiger partial charge in [0, 0.05) is 24.7 Å². The average Bonchev–Trinajstić information content (AvgIpc) is 2.90. The molecule has 0 bridgehead atoms. The molecule has 0 unspecified atom stereocenters. The topological polar surface area (TPSA) is 80.0 Å². The van der Waals surface area contributed by atoms with Crippen LogP contribution in [0, 0.1) is 6.92 Å². The third kappa shape index (κ3) is 3.33. The molecule has 0 saturated heterocycles. The molecular formula is C14H17ClN4O2. The van der Waals surface area contributed by atoms with Crippen LogP contribution in [0.1, 0.15) is 34.1 Å². The second-order valence-electron chi connectivity index (χ2n) is 4.77. The summed E-state index contributed by atoms with van der Waals surface area (Å²) in [6, 6.07) is 5.75. The molecule has 2 N–H and O–H groups in total. The highest BCUT2D eigenvalue weighted by Crippen LogP contribution is 2.25. The summed E-state index contributed by atoms with van der Waals surface area (Å²) < 4.78 is 4.87. The molecule has 2 aromatic rings. The number of anilines is 1. The predicted octanol–water partition coefficient (Wildman–Crippen LogP) is 2.09. The molecule has 112 valence electrons. The van der Waals surface area contributed by atoms with E-state index >= 15 is 0 Å². The molecule has 0 radical (unpaired) electrons. The normalized spacial score (nSPS) is 12.8. The van der Waals surface area contributed by atoms with Crippen LogP contribution in [-0.2, 0) is 13.0 Å². The van der Waals surface area contributed by atoms with Crippen LogP contribution in [0.2, 0.25) is 0 Å². The molecule has 2 heterocycles. The number of nitrogens with zero attached hydrogens (tertiary/aromatic N) is 2. The van der Waals surface area contributed by atoms with Gasteiger partial charge >= 0.3 is 0 Å². The van der Waals surface area contributed by atoms with Gasteiger partial charge in [0.05, 0.1) is 6.54 Å². The van der Waals surface area contributed by atoms with Gasteiger partial charge in [0.1, 0.15) is 0 Å². The fourth-order valence-electron chi connectivity index (χ4n) is 2.39. The van der Waals surface area contributed by atoms with Crippen molar-refractivity contribution in [3.63, 3.8) is 0 Å². The fraction of sp³-hybridized carbons (Fsp3) is 0.357. The van der Waals surface area contributed by atoms with Gasteiger partial charge in [-0.25, -0.2) is 0 Å². The van der Waals surface area contributed by atoms with Crippen molar-refractivity contribution in [2.75, 3.05) is 11.9 Å². The van der Waals surface area contributed by atoms with Crippen LogP contribution >= 0.6 is 12.4 Å². The number of aryl methyl sites for hydroxylation is 1. The molecule has 1 aliphatic rings. The number of fused-ring (bicyclic) bond motifs is 1. The highest BCUT2D eigenvalue weighted by Gasteiger charge is 2.17. The van der Waals surface area contributed by atoms with Crippen molar-refractivity contribution < 1.29 is 9.32 Å². The van der Waals surface area contributed by atoms with E-state index in [9.17, 15) is 4.79 Å². The van der Waals surface area contributed by atoms with Crippen molar-refractivity contribution in [3.8, 4) is 0 Å². The minimum Gasteiger partial charge on any atom is -0.385 e. The number of nitrogens with one attached hydrogen (secondary N) is 2. The summed E-state index contributed by atoms with van der Waals surface area (Å²) >= 11 is 0. The van der Waals surface area contributed by atoms with Crippen molar-refractivity contribution in [3.05, 3.63) is 41.0 Å². The Morgan fingerprint density at radius 3 is 3.10 bits per heavy atom. The number of carbonyl (C=O) groups is 1. The second kappa shape index (κ2) is 6.58. The van der Waals surface area contributed by atoms with Gasteiger partial charge in [-0.2, -0.15) is 4.98 Å². The molecule has 7 heteroatoms. The number of benzene rings is 1. The van der Waals surface area contributed by atoms with Gasteiger partial charge in [-0.1, -0.05) is 11.2 Å². The number of carbonyl (C=O) groups excluding carboxylic acids is 1. The molecule has 3 rings (SSSR count). The first-order valence-electron chi connectivity index (χ1n) is 6.67. The maximum atomic E-state index is 12.3. The summed E-state index contributed by atoms with van der Waals surface area (Å²) in [6.45, 7) is 2.95. The van der Waals surface area contributed by atoms with E-state index < -0.39 is 0 Å².